The van der Waals surface area contributed by atoms with Crippen LogP contribution in [0.4, 0.5) is 0 Å². The number of nitrogens with one attached hydrogen (secondary N) is 1. The molecule has 3 heterocycles. The summed E-state index contributed by atoms with van der Waals surface area (Å²) < 4.78 is 27.1. The third kappa shape index (κ3) is 5.97. The number of ether oxygens (including phenoxy) is 5. The van der Waals surface area contributed by atoms with Crippen molar-refractivity contribution in [2.45, 2.75) is 106 Å². The fraction of sp³-hybridized carbons (Fsp3) is 0.950. The number of rotatable bonds is 7. The number of aliphatic hydroxyl groups is 9. The maximum atomic E-state index is 11.6. The van der Waals surface area contributed by atoms with Crippen LogP contribution in [0.15, 0.2) is 0 Å². The molecule has 15 atom stereocenters. The molecule has 0 unspecified atom stereocenters. The van der Waals surface area contributed by atoms with Crippen LogP contribution in [-0.4, -0.2) is 157 Å². The van der Waals surface area contributed by atoms with Crippen LogP contribution in [0, 0.1) is 0 Å². The fourth-order valence-corrected chi connectivity index (χ4v) is 4.39. The lowest BCUT2D eigenvalue weighted by Crippen LogP contribution is -2.68. The smallest absolute Gasteiger partial charge is 0.217 e. The highest BCUT2D eigenvalue weighted by Crippen LogP contribution is 2.32. The van der Waals surface area contributed by atoms with Crippen LogP contribution in [0.5, 0.6) is 0 Å². The molecule has 0 spiro atoms. The Labute approximate surface area is 205 Å². The number of carbonyl (C=O) groups excluding carboxylic acids is 1. The molecule has 16 nitrogen and oxygen atoms in total. The SMILES string of the molecule is CC(=O)N[C@@H]1[C@@H](O[C@@H]2O[C@@H](C)[C@@H](O)[C@@H](O[C@H]3O[C@H](CO)[C@@H](O)[C@H](O)[C@@H]3O)[C@@H]2O)[C@@H](O)[C@@H](CO)O[C@@H]1O. The van der Waals surface area contributed by atoms with E-state index in [9.17, 15) is 50.8 Å². The molecule has 16 heteroatoms. The zero-order valence-electron chi connectivity index (χ0n) is 19.5. The van der Waals surface area contributed by atoms with Gasteiger partial charge in [-0.05, 0) is 6.92 Å². The molecule has 0 bridgehead atoms. The van der Waals surface area contributed by atoms with Gasteiger partial charge in [-0.1, -0.05) is 0 Å². The van der Waals surface area contributed by atoms with Gasteiger partial charge in [0.1, 0.15) is 67.1 Å². The monoisotopic (exact) mass is 529 g/mol. The van der Waals surface area contributed by atoms with E-state index in [0.29, 0.717) is 0 Å². The molecule has 0 aliphatic carbocycles. The average molecular weight is 529 g/mol. The molecule has 0 radical (unpaired) electrons. The van der Waals surface area contributed by atoms with Crippen molar-refractivity contribution in [1.29, 1.82) is 0 Å². The van der Waals surface area contributed by atoms with E-state index in [0.717, 1.165) is 6.92 Å². The van der Waals surface area contributed by atoms with Crippen LogP contribution >= 0.6 is 0 Å². The largest absolute Gasteiger partial charge is 0.394 e. The standard InChI is InChI=1S/C20H35NO15/c1-5-10(25)17(36-19-14(29)13(28)11(26)7(3-22)34-19)15(30)20(32-5)35-16-9(21-6(2)24)18(31)33-8(4-23)12(16)27/h5,7-20,22-23,25-31H,3-4H2,1-2H3,(H,21,24)/t5-,7+,8+,9+,10+,11+,12-,13-,14-,15-,16+,17+,18-,19+,20-/m0/s1. The average Bonchev–Trinajstić information content (AvgIpc) is 2.83. The first kappa shape index (κ1) is 29.5. The van der Waals surface area contributed by atoms with Crippen LogP contribution in [0.25, 0.3) is 0 Å². The number of hydrogen-bond donors (Lipinski definition) is 10. The van der Waals surface area contributed by atoms with Crippen molar-refractivity contribution in [2.24, 2.45) is 0 Å². The summed E-state index contributed by atoms with van der Waals surface area (Å²) in [5.74, 6) is -0.608. The van der Waals surface area contributed by atoms with Gasteiger partial charge in [0.2, 0.25) is 5.91 Å². The van der Waals surface area contributed by atoms with Crippen molar-refractivity contribution < 1.29 is 74.4 Å². The second-order valence-electron chi connectivity index (χ2n) is 9.05. The quantitative estimate of drug-likeness (QED) is 0.147. The molecule has 10 N–H and O–H groups in total. The van der Waals surface area contributed by atoms with Gasteiger partial charge in [0.05, 0.1) is 19.3 Å². The van der Waals surface area contributed by atoms with Crippen molar-refractivity contribution in [2.75, 3.05) is 13.2 Å². The van der Waals surface area contributed by atoms with Crippen LogP contribution in [-0.2, 0) is 28.5 Å². The van der Waals surface area contributed by atoms with E-state index in [1.807, 2.05) is 0 Å². The van der Waals surface area contributed by atoms with Crippen LogP contribution in [0.2, 0.25) is 0 Å². The Morgan fingerprint density at radius 2 is 1.28 bits per heavy atom. The molecule has 210 valence electrons. The number of carbonyl (C=O) groups is 1. The highest BCUT2D eigenvalue weighted by molar-refractivity contribution is 5.73. The van der Waals surface area contributed by atoms with Gasteiger partial charge in [-0.2, -0.15) is 0 Å². The normalized spacial score (nSPS) is 50.0. The molecule has 0 aromatic carbocycles. The third-order valence-corrected chi connectivity index (χ3v) is 6.46. The van der Waals surface area contributed by atoms with Gasteiger partial charge in [0.15, 0.2) is 18.9 Å². The third-order valence-electron chi connectivity index (χ3n) is 6.46. The van der Waals surface area contributed by atoms with Crippen molar-refractivity contribution >= 4 is 5.91 Å². The maximum absolute atomic E-state index is 11.6. The van der Waals surface area contributed by atoms with E-state index in [1.165, 1.54) is 6.92 Å². The first-order chi connectivity index (χ1) is 16.9. The summed E-state index contributed by atoms with van der Waals surface area (Å²) in [6.45, 7) is 1.10. The first-order valence-corrected chi connectivity index (χ1v) is 11.4. The van der Waals surface area contributed by atoms with Gasteiger partial charge in [-0.25, -0.2) is 0 Å². The Morgan fingerprint density at radius 1 is 0.722 bits per heavy atom. The van der Waals surface area contributed by atoms with E-state index in [-0.39, 0.29) is 0 Å². The van der Waals surface area contributed by atoms with E-state index < -0.39 is 111 Å². The molecule has 0 saturated carbocycles. The Kier molecular flexibility index (Phi) is 9.97. The lowest BCUT2D eigenvalue weighted by molar-refractivity contribution is -0.370. The fourth-order valence-electron chi connectivity index (χ4n) is 4.39. The van der Waals surface area contributed by atoms with E-state index in [2.05, 4.69) is 5.32 Å². The molecule has 3 rings (SSSR count). The van der Waals surface area contributed by atoms with Gasteiger partial charge in [0, 0.05) is 6.92 Å². The molecule has 36 heavy (non-hydrogen) atoms. The molecule has 1 amide bonds. The van der Waals surface area contributed by atoms with E-state index >= 15 is 0 Å². The zero-order valence-corrected chi connectivity index (χ0v) is 19.5. The topological polar surface area (TPSA) is 257 Å². The van der Waals surface area contributed by atoms with Crippen molar-refractivity contribution in [3.63, 3.8) is 0 Å². The summed E-state index contributed by atoms with van der Waals surface area (Å²) in [6, 6.07) is -1.34. The minimum atomic E-state index is -1.82. The predicted molar refractivity (Wildman–Crippen MR) is 111 cm³/mol. The molecular formula is C20H35NO15. The second kappa shape index (κ2) is 12.2. The number of hydrogen-bond acceptors (Lipinski definition) is 15. The molecule has 3 saturated heterocycles. The number of amides is 1. The van der Waals surface area contributed by atoms with E-state index in [1.54, 1.807) is 0 Å². The summed E-state index contributed by atoms with van der Waals surface area (Å²) >= 11 is 0. The molecule has 3 aliphatic heterocycles. The van der Waals surface area contributed by atoms with Gasteiger partial charge < -0.3 is 75.0 Å². The Morgan fingerprint density at radius 3 is 1.86 bits per heavy atom. The van der Waals surface area contributed by atoms with E-state index in [4.69, 9.17) is 23.7 Å². The van der Waals surface area contributed by atoms with Crippen molar-refractivity contribution in [3.8, 4) is 0 Å². The minimum absolute atomic E-state index is 0.608. The molecule has 0 aromatic rings. The Bertz CT molecular complexity index is 729. The maximum Gasteiger partial charge on any atom is 0.217 e. The van der Waals surface area contributed by atoms with Gasteiger partial charge >= 0.3 is 0 Å². The summed E-state index contributed by atoms with van der Waals surface area (Å²) in [7, 11) is 0. The highest BCUT2D eigenvalue weighted by atomic mass is 16.7. The number of aliphatic hydroxyl groups excluding tert-OH is 9. The summed E-state index contributed by atoms with van der Waals surface area (Å²) in [6.07, 6.45) is -21.9. The van der Waals surface area contributed by atoms with Crippen LogP contribution < -0.4 is 5.32 Å². The second-order valence-corrected chi connectivity index (χ2v) is 9.05. The minimum Gasteiger partial charge on any atom is -0.394 e. The van der Waals surface area contributed by atoms with Crippen LogP contribution in [0.1, 0.15) is 13.8 Å². The lowest BCUT2D eigenvalue weighted by atomic mass is 9.95. The molecule has 0 aromatic heterocycles. The Balaban J connectivity index is 1.80. The zero-order chi connectivity index (χ0) is 26.9. The molecule has 3 fully saturated rings. The summed E-state index contributed by atoms with van der Waals surface area (Å²) in [5, 5.41) is 93.7. The van der Waals surface area contributed by atoms with Gasteiger partial charge in [0.25, 0.3) is 0 Å². The van der Waals surface area contributed by atoms with Crippen molar-refractivity contribution in [1.82, 2.24) is 5.32 Å². The first-order valence-electron chi connectivity index (χ1n) is 11.4. The van der Waals surface area contributed by atoms with Crippen molar-refractivity contribution in [3.05, 3.63) is 0 Å². The highest BCUT2D eigenvalue weighted by Gasteiger charge is 2.53. The molecular weight excluding hydrogens is 494 g/mol. The van der Waals surface area contributed by atoms with Crippen LogP contribution in [0.3, 0.4) is 0 Å². The van der Waals surface area contributed by atoms with Gasteiger partial charge in [-0.15, -0.1) is 0 Å². The summed E-state index contributed by atoms with van der Waals surface area (Å²) in [4.78, 5) is 11.6. The summed E-state index contributed by atoms with van der Waals surface area (Å²) in [5.41, 5.74) is 0. The predicted octanol–water partition coefficient (Wildman–Crippen LogP) is -6.40. The van der Waals surface area contributed by atoms with Gasteiger partial charge in [-0.3, -0.25) is 4.79 Å². The Hall–Kier alpha value is -1.09. The lowest BCUT2D eigenvalue weighted by Gasteiger charge is -2.48. The molecule has 3 aliphatic rings.